The van der Waals surface area contributed by atoms with Crippen LogP contribution in [0.1, 0.15) is 48.5 Å². The van der Waals surface area contributed by atoms with E-state index in [9.17, 15) is 19.5 Å². The summed E-state index contributed by atoms with van der Waals surface area (Å²) in [5.41, 5.74) is 12.9. The third-order valence-corrected chi connectivity index (χ3v) is 6.94. The number of ether oxygens (including phenoxy) is 2. The van der Waals surface area contributed by atoms with Crippen molar-refractivity contribution in [3.63, 3.8) is 0 Å². The Kier molecular flexibility index (Phi) is 14.4. The van der Waals surface area contributed by atoms with Crippen molar-refractivity contribution in [1.29, 1.82) is 0 Å². The Morgan fingerprint density at radius 1 is 0.929 bits per heavy atom. The Labute approximate surface area is 253 Å². The van der Waals surface area contributed by atoms with Crippen LogP contribution in [0.5, 0.6) is 11.5 Å². The fourth-order valence-electron chi connectivity index (χ4n) is 4.64. The zero-order valence-electron chi connectivity index (χ0n) is 23.7. The number of hydrogen-bond acceptors (Lipinski definition) is 7. The molecule has 4 rings (SSSR count). The van der Waals surface area contributed by atoms with Gasteiger partial charge in [0.25, 0.3) is 0 Å². The van der Waals surface area contributed by atoms with E-state index in [1.54, 1.807) is 31.2 Å². The lowest BCUT2D eigenvalue weighted by Gasteiger charge is -2.27. The molecule has 1 fully saturated rings. The largest absolute Gasteiger partial charge is 0.480 e. The van der Waals surface area contributed by atoms with E-state index in [1.165, 1.54) is 0 Å². The zero-order chi connectivity index (χ0) is 29.6. The van der Waals surface area contributed by atoms with Crippen LogP contribution in [-0.2, 0) is 20.7 Å². The standard InChI is InChI=1S/C23H28N2O4.C9H11NO2.ClH/c24-15-16-9-11-18(12-10-16)22(26)25-21(23(27)28)14-17-5-4-8-20(13-17)29-19-6-2-1-3-7-19;1-2-12-9(11)7-5-3-4-6-8(7)10;/h1-8,13,16,18,21H,9-12,14-15,24H2,(H,25,26)(H,27,28);3-6H,2,10H2,1H3;1H. The maximum absolute atomic E-state index is 12.6. The maximum Gasteiger partial charge on any atom is 0.340 e. The number of hydrogen-bond donors (Lipinski definition) is 4. The van der Waals surface area contributed by atoms with Crippen LogP contribution >= 0.6 is 12.4 Å². The van der Waals surface area contributed by atoms with Gasteiger partial charge in [0.15, 0.2) is 0 Å². The minimum absolute atomic E-state index is 0. The summed E-state index contributed by atoms with van der Waals surface area (Å²) in [6.07, 6.45) is 3.57. The molecule has 3 aromatic rings. The van der Waals surface area contributed by atoms with E-state index < -0.39 is 12.0 Å². The van der Waals surface area contributed by atoms with E-state index in [2.05, 4.69) is 5.32 Å². The van der Waals surface area contributed by atoms with Gasteiger partial charge in [0.05, 0.1) is 12.2 Å². The molecule has 1 unspecified atom stereocenters. The van der Waals surface area contributed by atoms with Gasteiger partial charge in [-0.3, -0.25) is 4.79 Å². The second kappa shape index (κ2) is 17.7. The second-order valence-electron chi connectivity index (χ2n) is 9.93. The first-order valence-electron chi connectivity index (χ1n) is 13.9. The number of nitrogens with one attached hydrogen (secondary N) is 1. The normalized spacial score (nSPS) is 16.4. The van der Waals surface area contributed by atoms with Gasteiger partial charge >= 0.3 is 11.9 Å². The number of halogens is 1. The van der Waals surface area contributed by atoms with E-state index >= 15 is 0 Å². The lowest BCUT2D eigenvalue weighted by atomic mass is 9.81. The predicted octanol–water partition coefficient (Wildman–Crippen LogP) is 5.22. The van der Waals surface area contributed by atoms with Crippen molar-refractivity contribution < 1.29 is 29.0 Å². The van der Waals surface area contributed by atoms with E-state index in [0.29, 0.717) is 41.8 Å². The van der Waals surface area contributed by atoms with E-state index in [0.717, 1.165) is 31.2 Å². The molecule has 3 aromatic carbocycles. The molecule has 1 aliphatic carbocycles. The highest BCUT2D eigenvalue weighted by Crippen LogP contribution is 2.28. The average Bonchev–Trinajstić information content (AvgIpc) is 2.98. The number of amides is 1. The summed E-state index contributed by atoms with van der Waals surface area (Å²) >= 11 is 0. The number of nitrogens with two attached hydrogens (primary N) is 2. The van der Waals surface area contributed by atoms with Crippen LogP contribution in [0, 0.1) is 11.8 Å². The van der Waals surface area contributed by atoms with E-state index in [-0.39, 0.29) is 36.6 Å². The molecule has 1 aliphatic rings. The van der Waals surface area contributed by atoms with Crippen LogP contribution in [0.4, 0.5) is 5.69 Å². The maximum atomic E-state index is 12.6. The highest BCUT2D eigenvalue weighted by molar-refractivity contribution is 5.94. The van der Waals surface area contributed by atoms with E-state index in [4.69, 9.17) is 20.9 Å². The van der Waals surface area contributed by atoms with Gasteiger partial charge in [0.1, 0.15) is 17.5 Å². The Hall–Kier alpha value is -4.08. The van der Waals surface area contributed by atoms with Crippen molar-refractivity contribution in [2.45, 2.75) is 45.1 Å². The van der Waals surface area contributed by atoms with Crippen LogP contribution in [-0.4, -0.2) is 42.1 Å². The average molecular weight is 598 g/mol. The quantitative estimate of drug-likeness (QED) is 0.183. The zero-order valence-corrected chi connectivity index (χ0v) is 24.6. The van der Waals surface area contributed by atoms with Crippen molar-refractivity contribution in [2.24, 2.45) is 17.6 Å². The van der Waals surface area contributed by atoms with Gasteiger partial charge in [-0.05, 0) is 87.0 Å². The Morgan fingerprint density at radius 3 is 2.19 bits per heavy atom. The number of esters is 1. The van der Waals surface area contributed by atoms with Crippen LogP contribution in [0.3, 0.4) is 0 Å². The van der Waals surface area contributed by atoms with Gasteiger partial charge in [0.2, 0.25) is 5.91 Å². The molecule has 6 N–H and O–H groups in total. The van der Waals surface area contributed by atoms with Crippen molar-refractivity contribution in [3.05, 3.63) is 90.0 Å². The highest BCUT2D eigenvalue weighted by Gasteiger charge is 2.29. The van der Waals surface area contributed by atoms with Gasteiger partial charge in [-0.2, -0.15) is 0 Å². The summed E-state index contributed by atoms with van der Waals surface area (Å²) in [6, 6.07) is 22.6. The summed E-state index contributed by atoms with van der Waals surface area (Å²) in [7, 11) is 0. The topological polar surface area (TPSA) is 154 Å². The van der Waals surface area contributed by atoms with Crippen LogP contribution in [0.2, 0.25) is 0 Å². The molecule has 9 nitrogen and oxygen atoms in total. The molecule has 0 saturated heterocycles. The van der Waals surface area contributed by atoms with Crippen LogP contribution in [0.15, 0.2) is 78.9 Å². The first kappa shape index (κ1) is 34.1. The van der Waals surface area contributed by atoms with Gasteiger partial charge in [-0.25, -0.2) is 9.59 Å². The third kappa shape index (κ3) is 10.7. The number of carbonyl (C=O) groups excluding carboxylic acids is 2. The lowest BCUT2D eigenvalue weighted by molar-refractivity contribution is -0.142. The number of carboxylic acids is 1. The highest BCUT2D eigenvalue weighted by atomic mass is 35.5. The molecule has 0 radical (unpaired) electrons. The summed E-state index contributed by atoms with van der Waals surface area (Å²) < 4.78 is 10.6. The van der Waals surface area contributed by atoms with Crippen molar-refractivity contribution >= 4 is 35.9 Å². The molecule has 0 aromatic heterocycles. The Morgan fingerprint density at radius 2 is 1.57 bits per heavy atom. The predicted molar refractivity (Wildman–Crippen MR) is 165 cm³/mol. The molecule has 10 heteroatoms. The molecule has 0 bridgehead atoms. The summed E-state index contributed by atoms with van der Waals surface area (Å²) in [5, 5.41) is 12.3. The molecule has 1 amide bonds. The summed E-state index contributed by atoms with van der Waals surface area (Å²) in [6.45, 7) is 2.78. The molecule has 1 atom stereocenters. The van der Waals surface area contributed by atoms with Crippen molar-refractivity contribution in [3.8, 4) is 11.5 Å². The van der Waals surface area contributed by atoms with Gasteiger partial charge in [-0.15, -0.1) is 12.4 Å². The number of anilines is 1. The SMILES string of the molecule is CCOC(=O)c1ccccc1N.Cl.NCC1CCC(C(=O)NC(Cc2cccc(Oc3ccccc3)c2)C(=O)O)CC1. The summed E-state index contributed by atoms with van der Waals surface area (Å²) in [4.78, 5) is 35.5. The first-order valence-corrected chi connectivity index (χ1v) is 13.9. The van der Waals surface area contributed by atoms with Gasteiger partial charge in [-0.1, -0.05) is 42.5 Å². The molecule has 0 spiro atoms. The van der Waals surface area contributed by atoms with Crippen molar-refractivity contribution in [2.75, 3.05) is 18.9 Å². The van der Waals surface area contributed by atoms with E-state index in [1.807, 2.05) is 54.6 Å². The molecular formula is C32H40ClN3O6. The molecule has 226 valence electrons. The fraction of sp³-hybridized carbons (Fsp3) is 0.344. The number of benzene rings is 3. The first-order chi connectivity index (χ1) is 19.8. The second-order valence-corrected chi connectivity index (χ2v) is 9.93. The number of rotatable bonds is 10. The lowest BCUT2D eigenvalue weighted by Crippen LogP contribution is -2.45. The molecule has 0 aliphatic heterocycles. The smallest absolute Gasteiger partial charge is 0.340 e. The third-order valence-electron chi connectivity index (χ3n) is 6.94. The molecular weight excluding hydrogens is 558 g/mol. The number of aliphatic carboxylic acids is 1. The fourth-order valence-corrected chi connectivity index (χ4v) is 4.64. The molecule has 42 heavy (non-hydrogen) atoms. The van der Waals surface area contributed by atoms with Gasteiger partial charge < -0.3 is 31.4 Å². The minimum Gasteiger partial charge on any atom is -0.480 e. The minimum atomic E-state index is -1.04. The number of nitrogen functional groups attached to an aromatic ring is 1. The van der Waals surface area contributed by atoms with Gasteiger partial charge in [0, 0.05) is 18.0 Å². The number of para-hydroxylation sites is 2. The van der Waals surface area contributed by atoms with Crippen LogP contribution < -0.4 is 21.5 Å². The molecule has 1 saturated carbocycles. The monoisotopic (exact) mass is 597 g/mol. The molecule has 0 heterocycles. The van der Waals surface area contributed by atoms with Crippen LogP contribution in [0.25, 0.3) is 0 Å². The number of carboxylic acid groups (broad SMARTS) is 1. The Bertz CT molecular complexity index is 1280. The summed E-state index contributed by atoms with van der Waals surface area (Å²) in [5.74, 6) is 0.0997. The number of carbonyl (C=O) groups is 3. The van der Waals surface area contributed by atoms with Crippen molar-refractivity contribution in [1.82, 2.24) is 5.32 Å². The Balaban J connectivity index is 0.000000399.